The molecule has 106 valence electrons. The minimum absolute atomic E-state index is 0.0612. The second-order valence-electron chi connectivity index (χ2n) is 5.63. The number of rotatable bonds is 3. The molecule has 1 N–H and O–H groups in total. The standard InChI is InChI=1S/C14H19N5O/c1-9(2)17-14(20)10-6-19(7-10)13-11-4-5-18(3)12(11)15-8-16-13/h4-5,8-10H,6-7H2,1-3H3,(H,17,20). The van der Waals surface area contributed by atoms with Gasteiger partial charge in [0.05, 0.1) is 11.3 Å². The van der Waals surface area contributed by atoms with Gasteiger partial charge in [0.15, 0.2) is 0 Å². The van der Waals surface area contributed by atoms with Crippen LogP contribution in [0.25, 0.3) is 11.0 Å². The first-order valence-electron chi connectivity index (χ1n) is 6.87. The predicted octanol–water partition coefficient (Wildman–Crippen LogP) is 0.929. The summed E-state index contributed by atoms with van der Waals surface area (Å²) >= 11 is 0. The second kappa shape index (κ2) is 4.77. The number of carbonyl (C=O) groups excluding carboxylic acids is 1. The lowest BCUT2D eigenvalue weighted by atomic mass is 9.98. The maximum absolute atomic E-state index is 11.9. The van der Waals surface area contributed by atoms with Gasteiger partial charge < -0.3 is 14.8 Å². The highest BCUT2D eigenvalue weighted by Gasteiger charge is 2.34. The Kier molecular flexibility index (Phi) is 3.08. The summed E-state index contributed by atoms with van der Waals surface area (Å²) in [7, 11) is 1.97. The normalized spacial score (nSPS) is 15.7. The molecule has 0 bridgehead atoms. The van der Waals surface area contributed by atoms with E-state index in [0.29, 0.717) is 0 Å². The Bertz CT molecular complexity index is 642. The molecule has 0 atom stereocenters. The molecule has 6 heteroatoms. The Hall–Kier alpha value is -2.11. The zero-order chi connectivity index (χ0) is 14.3. The van der Waals surface area contributed by atoms with E-state index < -0.39 is 0 Å². The van der Waals surface area contributed by atoms with E-state index in [1.54, 1.807) is 6.33 Å². The van der Waals surface area contributed by atoms with Crippen LogP contribution >= 0.6 is 0 Å². The maximum atomic E-state index is 11.9. The van der Waals surface area contributed by atoms with Gasteiger partial charge in [-0.2, -0.15) is 0 Å². The van der Waals surface area contributed by atoms with Crippen LogP contribution in [0.4, 0.5) is 5.82 Å². The molecule has 0 spiro atoms. The first-order chi connectivity index (χ1) is 9.56. The summed E-state index contributed by atoms with van der Waals surface area (Å²) in [6.45, 7) is 5.40. The summed E-state index contributed by atoms with van der Waals surface area (Å²) in [4.78, 5) is 22.7. The quantitative estimate of drug-likeness (QED) is 0.903. The number of nitrogens with zero attached hydrogens (tertiary/aromatic N) is 4. The van der Waals surface area contributed by atoms with Gasteiger partial charge in [-0.05, 0) is 19.9 Å². The molecule has 1 aliphatic heterocycles. The third-order valence-corrected chi connectivity index (χ3v) is 3.62. The number of aryl methyl sites for hydroxylation is 1. The summed E-state index contributed by atoms with van der Waals surface area (Å²) < 4.78 is 1.98. The van der Waals surface area contributed by atoms with Gasteiger partial charge in [0, 0.05) is 32.4 Å². The van der Waals surface area contributed by atoms with E-state index in [-0.39, 0.29) is 17.9 Å². The van der Waals surface area contributed by atoms with Crippen molar-refractivity contribution in [1.82, 2.24) is 19.9 Å². The highest BCUT2D eigenvalue weighted by atomic mass is 16.2. The monoisotopic (exact) mass is 273 g/mol. The first-order valence-corrected chi connectivity index (χ1v) is 6.87. The van der Waals surface area contributed by atoms with Crippen molar-refractivity contribution >= 4 is 22.8 Å². The SMILES string of the molecule is CC(C)NC(=O)C1CN(c2ncnc3c2ccn3C)C1. The lowest BCUT2D eigenvalue weighted by Gasteiger charge is -2.39. The Balaban J connectivity index is 1.74. The van der Waals surface area contributed by atoms with Crippen LogP contribution in [0, 0.1) is 5.92 Å². The fourth-order valence-corrected chi connectivity index (χ4v) is 2.54. The van der Waals surface area contributed by atoms with Crippen molar-refractivity contribution in [3.05, 3.63) is 18.6 Å². The summed E-state index contributed by atoms with van der Waals surface area (Å²) in [5.74, 6) is 1.12. The topological polar surface area (TPSA) is 63.1 Å². The molecule has 0 unspecified atom stereocenters. The van der Waals surface area contributed by atoms with E-state index in [1.165, 1.54) is 0 Å². The number of anilines is 1. The van der Waals surface area contributed by atoms with Gasteiger partial charge >= 0.3 is 0 Å². The van der Waals surface area contributed by atoms with Crippen LogP contribution in [-0.2, 0) is 11.8 Å². The summed E-state index contributed by atoms with van der Waals surface area (Å²) in [6, 6.07) is 2.21. The number of carbonyl (C=O) groups is 1. The number of fused-ring (bicyclic) bond motifs is 1. The molecule has 0 aliphatic carbocycles. The Labute approximate surface area is 117 Å². The zero-order valence-corrected chi connectivity index (χ0v) is 12.0. The van der Waals surface area contributed by atoms with Crippen molar-refractivity contribution in [3.8, 4) is 0 Å². The molecule has 2 aromatic heterocycles. The highest BCUT2D eigenvalue weighted by molar-refractivity contribution is 5.90. The molecule has 0 saturated carbocycles. The van der Waals surface area contributed by atoms with Gasteiger partial charge in [-0.1, -0.05) is 0 Å². The third-order valence-electron chi connectivity index (χ3n) is 3.62. The van der Waals surface area contributed by atoms with Crippen molar-refractivity contribution in [2.24, 2.45) is 13.0 Å². The van der Waals surface area contributed by atoms with Crippen LogP contribution in [0.5, 0.6) is 0 Å². The van der Waals surface area contributed by atoms with E-state index in [9.17, 15) is 4.79 Å². The van der Waals surface area contributed by atoms with Crippen molar-refractivity contribution in [2.75, 3.05) is 18.0 Å². The predicted molar refractivity (Wildman–Crippen MR) is 77.5 cm³/mol. The number of nitrogens with one attached hydrogen (secondary N) is 1. The highest BCUT2D eigenvalue weighted by Crippen LogP contribution is 2.29. The van der Waals surface area contributed by atoms with E-state index in [2.05, 4.69) is 20.2 Å². The van der Waals surface area contributed by atoms with Crippen molar-refractivity contribution < 1.29 is 4.79 Å². The van der Waals surface area contributed by atoms with Crippen LogP contribution < -0.4 is 10.2 Å². The fourth-order valence-electron chi connectivity index (χ4n) is 2.54. The lowest BCUT2D eigenvalue weighted by molar-refractivity contribution is -0.126. The van der Waals surface area contributed by atoms with Crippen LogP contribution in [-0.4, -0.2) is 39.6 Å². The molecule has 0 aromatic carbocycles. The van der Waals surface area contributed by atoms with E-state index in [0.717, 1.165) is 29.9 Å². The largest absolute Gasteiger partial charge is 0.354 e. The van der Waals surface area contributed by atoms with Crippen LogP contribution in [0.1, 0.15) is 13.8 Å². The number of aromatic nitrogens is 3. The first kappa shape index (κ1) is 12.9. The molecule has 3 heterocycles. The van der Waals surface area contributed by atoms with E-state index in [4.69, 9.17) is 0 Å². The summed E-state index contributed by atoms with van der Waals surface area (Å²) in [5, 5.41) is 4.00. The van der Waals surface area contributed by atoms with Crippen LogP contribution in [0.3, 0.4) is 0 Å². The molecule has 20 heavy (non-hydrogen) atoms. The van der Waals surface area contributed by atoms with Gasteiger partial charge in [0.1, 0.15) is 17.8 Å². The average molecular weight is 273 g/mol. The Morgan fingerprint density at radius 1 is 1.40 bits per heavy atom. The Morgan fingerprint density at radius 2 is 2.15 bits per heavy atom. The smallest absolute Gasteiger partial charge is 0.226 e. The molecule has 3 rings (SSSR count). The third kappa shape index (κ3) is 2.11. The molecule has 0 radical (unpaired) electrons. The van der Waals surface area contributed by atoms with Gasteiger partial charge in [0.2, 0.25) is 5.91 Å². The molecule has 1 saturated heterocycles. The van der Waals surface area contributed by atoms with Crippen LogP contribution in [0.15, 0.2) is 18.6 Å². The summed E-state index contributed by atoms with van der Waals surface area (Å²) in [5.41, 5.74) is 0.921. The minimum Gasteiger partial charge on any atom is -0.354 e. The molecule has 1 fully saturated rings. The van der Waals surface area contributed by atoms with Gasteiger partial charge in [-0.15, -0.1) is 0 Å². The lowest BCUT2D eigenvalue weighted by Crippen LogP contribution is -2.55. The number of amides is 1. The summed E-state index contributed by atoms with van der Waals surface area (Å²) in [6.07, 6.45) is 3.56. The van der Waals surface area contributed by atoms with Gasteiger partial charge in [0.25, 0.3) is 0 Å². The maximum Gasteiger partial charge on any atom is 0.226 e. The van der Waals surface area contributed by atoms with Crippen molar-refractivity contribution in [2.45, 2.75) is 19.9 Å². The number of hydrogen-bond donors (Lipinski definition) is 1. The van der Waals surface area contributed by atoms with Crippen LogP contribution in [0.2, 0.25) is 0 Å². The molecule has 1 aliphatic rings. The minimum atomic E-state index is 0.0612. The van der Waals surface area contributed by atoms with Gasteiger partial charge in [-0.25, -0.2) is 9.97 Å². The molecule has 6 nitrogen and oxygen atoms in total. The molecular weight excluding hydrogens is 254 g/mol. The Morgan fingerprint density at radius 3 is 2.85 bits per heavy atom. The van der Waals surface area contributed by atoms with E-state index >= 15 is 0 Å². The van der Waals surface area contributed by atoms with Crippen molar-refractivity contribution in [3.63, 3.8) is 0 Å². The molecule has 1 amide bonds. The average Bonchev–Trinajstić information content (AvgIpc) is 2.69. The van der Waals surface area contributed by atoms with Gasteiger partial charge in [-0.3, -0.25) is 4.79 Å². The van der Waals surface area contributed by atoms with E-state index in [1.807, 2.05) is 37.7 Å². The molecular formula is C14H19N5O. The fraction of sp³-hybridized carbons (Fsp3) is 0.500. The second-order valence-corrected chi connectivity index (χ2v) is 5.63. The zero-order valence-electron chi connectivity index (χ0n) is 12.0. The van der Waals surface area contributed by atoms with Crippen molar-refractivity contribution in [1.29, 1.82) is 0 Å². The molecule has 2 aromatic rings. The number of hydrogen-bond acceptors (Lipinski definition) is 4.